The molecule has 0 saturated heterocycles. The molecule has 0 bridgehead atoms. The molecule has 1 N–H and O–H groups in total. The van der Waals surface area contributed by atoms with Crippen LogP contribution in [0.5, 0.6) is 0 Å². The number of hydrogen-bond donors (Lipinski definition) is 1. The quantitative estimate of drug-likeness (QED) is 0.887. The lowest BCUT2D eigenvalue weighted by Gasteiger charge is -2.22. The van der Waals surface area contributed by atoms with Gasteiger partial charge in [0.25, 0.3) is 5.56 Å². The van der Waals surface area contributed by atoms with Crippen molar-refractivity contribution in [2.24, 2.45) is 0 Å². The Morgan fingerprint density at radius 2 is 1.94 bits per heavy atom. The normalized spacial score (nSPS) is 18.2. The average Bonchev–Trinajstić information content (AvgIpc) is 2.58. The van der Waals surface area contributed by atoms with Gasteiger partial charge in [-0.3, -0.25) is 9.89 Å². The summed E-state index contributed by atoms with van der Waals surface area (Å²) in [5.41, 5.74) is 1.13. The fraction of sp³-hybridized carbons (Fsp3) is 0.750. The van der Waals surface area contributed by atoms with Crippen LogP contribution in [0.15, 0.2) is 9.27 Å². The van der Waals surface area contributed by atoms with Crippen LogP contribution in [0.3, 0.4) is 0 Å². The summed E-state index contributed by atoms with van der Waals surface area (Å²) < 4.78 is 2.55. The number of hydrogen-bond acceptors (Lipinski definition) is 1. The van der Waals surface area contributed by atoms with E-state index in [1.54, 1.807) is 0 Å². The summed E-state index contributed by atoms with van der Waals surface area (Å²) in [4.78, 5) is 12.1. The molecule has 1 aromatic rings. The summed E-state index contributed by atoms with van der Waals surface area (Å²) in [6.07, 6.45) is 6.05. The van der Waals surface area contributed by atoms with Gasteiger partial charge in [-0.15, -0.1) is 0 Å². The summed E-state index contributed by atoms with van der Waals surface area (Å²) in [6, 6.07) is 0.380. The number of nitrogens with zero attached hydrogens (tertiary/aromatic N) is 1. The first-order valence-corrected chi connectivity index (χ1v) is 6.90. The van der Waals surface area contributed by atoms with Crippen LogP contribution in [0.25, 0.3) is 0 Å². The highest BCUT2D eigenvalue weighted by molar-refractivity contribution is 9.10. The van der Waals surface area contributed by atoms with Crippen LogP contribution in [0.1, 0.15) is 63.6 Å². The van der Waals surface area contributed by atoms with Crippen LogP contribution in [0.2, 0.25) is 0 Å². The molecule has 0 spiro atoms. The third kappa shape index (κ3) is 2.12. The van der Waals surface area contributed by atoms with E-state index >= 15 is 0 Å². The maximum Gasteiger partial charge on any atom is 0.281 e. The zero-order valence-corrected chi connectivity index (χ0v) is 11.5. The topological polar surface area (TPSA) is 37.8 Å². The molecule has 1 fully saturated rings. The van der Waals surface area contributed by atoms with E-state index in [2.05, 4.69) is 34.9 Å². The van der Waals surface area contributed by atoms with Gasteiger partial charge in [0, 0.05) is 0 Å². The lowest BCUT2D eigenvalue weighted by molar-refractivity contribution is 0.321. The van der Waals surface area contributed by atoms with Crippen molar-refractivity contribution >= 4 is 15.9 Å². The molecule has 1 aliphatic rings. The van der Waals surface area contributed by atoms with Crippen LogP contribution in [0.4, 0.5) is 0 Å². The molecule has 90 valence electrons. The summed E-state index contributed by atoms with van der Waals surface area (Å²) in [5.74, 6) is 0.354. The lowest BCUT2D eigenvalue weighted by Crippen LogP contribution is -2.24. The molecule has 2 rings (SSSR count). The van der Waals surface area contributed by atoms with Crippen LogP contribution in [-0.4, -0.2) is 9.78 Å². The summed E-state index contributed by atoms with van der Waals surface area (Å²) in [7, 11) is 0. The van der Waals surface area contributed by atoms with Gasteiger partial charge in [0.05, 0.1) is 11.7 Å². The van der Waals surface area contributed by atoms with Crippen molar-refractivity contribution in [1.29, 1.82) is 0 Å². The molecule has 1 heterocycles. The first-order valence-electron chi connectivity index (χ1n) is 6.11. The molecule has 0 unspecified atom stereocenters. The molecule has 1 saturated carbocycles. The number of aromatic nitrogens is 2. The van der Waals surface area contributed by atoms with E-state index < -0.39 is 0 Å². The second-order valence-electron chi connectivity index (χ2n) is 4.96. The first-order chi connectivity index (χ1) is 7.61. The van der Waals surface area contributed by atoms with Crippen LogP contribution >= 0.6 is 15.9 Å². The standard InChI is InChI=1S/C12H19BrN2O/c1-8(2)11-10(13)12(16)15(14-11)9-6-4-3-5-7-9/h8-9,14H,3-7H2,1-2H3. The van der Waals surface area contributed by atoms with Crippen molar-refractivity contribution in [1.82, 2.24) is 9.78 Å². The van der Waals surface area contributed by atoms with E-state index in [9.17, 15) is 4.79 Å². The fourth-order valence-electron chi connectivity index (χ4n) is 2.43. The SMILES string of the molecule is CC(C)c1[nH]n(C2CCCCC2)c(=O)c1Br. The number of nitrogens with one attached hydrogen (secondary N) is 1. The van der Waals surface area contributed by atoms with E-state index in [0.717, 1.165) is 18.5 Å². The fourth-order valence-corrected chi connectivity index (χ4v) is 3.17. The number of aromatic amines is 1. The predicted molar refractivity (Wildman–Crippen MR) is 69.0 cm³/mol. The van der Waals surface area contributed by atoms with Gasteiger partial charge in [-0.1, -0.05) is 33.1 Å². The van der Waals surface area contributed by atoms with Crippen LogP contribution in [-0.2, 0) is 0 Å². The van der Waals surface area contributed by atoms with E-state index in [-0.39, 0.29) is 5.56 Å². The maximum absolute atomic E-state index is 12.1. The minimum absolute atomic E-state index is 0.107. The molecular formula is C12H19BrN2O. The van der Waals surface area contributed by atoms with Crippen LogP contribution in [0, 0.1) is 0 Å². The molecule has 0 radical (unpaired) electrons. The molecule has 1 aromatic heterocycles. The summed E-state index contributed by atoms with van der Waals surface area (Å²) in [6.45, 7) is 4.20. The molecule has 16 heavy (non-hydrogen) atoms. The Labute approximate surface area is 104 Å². The van der Waals surface area contributed by atoms with Crippen molar-refractivity contribution in [2.75, 3.05) is 0 Å². The monoisotopic (exact) mass is 286 g/mol. The van der Waals surface area contributed by atoms with Gasteiger partial charge in [-0.2, -0.15) is 0 Å². The Balaban J connectivity index is 2.34. The Morgan fingerprint density at radius 3 is 2.44 bits per heavy atom. The molecule has 1 aliphatic carbocycles. The van der Waals surface area contributed by atoms with Gasteiger partial charge >= 0.3 is 0 Å². The Morgan fingerprint density at radius 1 is 1.31 bits per heavy atom. The van der Waals surface area contributed by atoms with Crippen molar-refractivity contribution in [3.8, 4) is 0 Å². The average molecular weight is 287 g/mol. The highest BCUT2D eigenvalue weighted by Gasteiger charge is 2.21. The zero-order valence-electron chi connectivity index (χ0n) is 9.92. The van der Waals surface area contributed by atoms with E-state index in [1.165, 1.54) is 19.3 Å². The van der Waals surface area contributed by atoms with Crippen molar-refractivity contribution in [2.45, 2.75) is 57.9 Å². The van der Waals surface area contributed by atoms with E-state index in [0.29, 0.717) is 16.4 Å². The van der Waals surface area contributed by atoms with Gasteiger partial charge in [-0.25, -0.2) is 4.68 Å². The van der Waals surface area contributed by atoms with E-state index in [1.807, 2.05) is 4.68 Å². The molecule has 0 aromatic carbocycles. The Kier molecular flexibility index (Phi) is 3.57. The number of H-pyrrole nitrogens is 1. The maximum atomic E-state index is 12.1. The Bertz CT molecular complexity index is 413. The third-order valence-corrected chi connectivity index (χ3v) is 4.17. The second kappa shape index (κ2) is 4.78. The van der Waals surface area contributed by atoms with Crippen molar-refractivity contribution in [3.05, 3.63) is 20.5 Å². The molecule has 0 amide bonds. The van der Waals surface area contributed by atoms with Gasteiger partial charge in [0.1, 0.15) is 4.47 Å². The zero-order chi connectivity index (χ0) is 11.7. The van der Waals surface area contributed by atoms with Gasteiger partial charge < -0.3 is 0 Å². The van der Waals surface area contributed by atoms with Gasteiger partial charge in [-0.05, 0) is 34.7 Å². The smallest absolute Gasteiger partial charge is 0.281 e. The molecule has 4 heteroatoms. The largest absolute Gasteiger partial charge is 0.298 e. The molecular weight excluding hydrogens is 268 g/mol. The van der Waals surface area contributed by atoms with E-state index in [4.69, 9.17) is 0 Å². The molecule has 0 aliphatic heterocycles. The molecule has 0 atom stereocenters. The second-order valence-corrected chi connectivity index (χ2v) is 5.75. The highest BCUT2D eigenvalue weighted by atomic mass is 79.9. The van der Waals surface area contributed by atoms with Crippen molar-refractivity contribution < 1.29 is 0 Å². The van der Waals surface area contributed by atoms with Gasteiger partial charge in [0.15, 0.2) is 0 Å². The van der Waals surface area contributed by atoms with Crippen molar-refractivity contribution in [3.63, 3.8) is 0 Å². The summed E-state index contributed by atoms with van der Waals surface area (Å²) in [5, 5.41) is 3.28. The summed E-state index contributed by atoms with van der Waals surface area (Å²) >= 11 is 3.40. The van der Waals surface area contributed by atoms with Crippen LogP contribution < -0.4 is 5.56 Å². The third-order valence-electron chi connectivity index (χ3n) is 3.40. The predicted octanol–water partition coefficient (Wildman–Crippen LogP) is 3.57. The van der Waals surface area contributed by atoms with Gasteiger partial charge in [0.2, 0.25) is 0 Å². The molecule has 3 nitrogen and oxygen atoms in total. The minimum Gasteiger partial charge on any atom is -0.298 e. The number of rotatable bonds is 2. The number of halogens is 1. The minimum atomic E-state index is 0.107. The first kappa shape index (κ1) is 12.0. The Hall–Kier alpha value is -0.510. The highest BCUT2D eigenvalue weighted by Crippen LogP contribution is 2.28. The lowest BCUT2D eigenvalue weighted by atomic mass is 9.96.